The number of hydrogen-bond donors (Lipinski definition) is 6. The number of methoxy groups -OCH3 is 1. The van der Waals surface area contributed by atoms with Gasteiger partial charge in [-0.25, -0.2) is 4.79 Å². The lowest BCUT2D eigenvalue weighted by Gasteiger charge is -2.26. The summed E-state index contributed by atoms with van der Waals surface area (Å²) in [6.07, 6.45) is -0.117. The lowest BCUT2D eigenvalue weighted by atomic mass is 9.99. The Kier molecular flexibility index (Phi) is 11.6. The topological polar surface area (TPSA) is 188 Å². The van der Waals surface area contributed by atoms with Gasteiger partial charge in [-0.3, -0.25) is 19.8 Å². The molecular formula is C21H38N6O6. The van der Waals surface area contributed by atoms with Crippen molar-refractivity contribution in [2.24, 2.45) is 17.6 Å². The molecule has 12 heteroatoms. The summed E-state index contributed by atoms with van der Waals surface area (Å²) in [5, 5.41) is 18.0. The number of guanidine groups is 1. The first-order valence-corrected chi connectivity index (χ1v) is 11.2. The maximum atomic E-state index is 12.9. The van der Waals surface area contributed by atoms with Crippen LogP contribution in [0.2, 0.25) is 0 Å². The van der Waals surface area contributed by atoms with Gasteiger partial charge >= 0.3 is 5.97 Å². The van der Waals surface area contributed by atoms with Crippen LogP contribution in [0.4, 0.5) is 0 Å². The van der Waals surface area contributed by atoms with Gasteiger partial charge < -0.3 is 36.5 Å². The van der Waals surface area contributed by atoms with Crippen molar-refractivity contribution < 1.29 is 28.7 Å². The zero-order valence-corrected chi connectivity index (χ0v) is 20.0. The lowest BCUT2D eigenvalue weighted by Crippen LogP contribution is -2.56. The van der Waals surface area contributed by atoms with E-state index in [1.54, 1.807) is 13.8 Å². The monoisotopic (exact) mass is 470 g/mol. The number of carbonyl (C=O) groups is 4. The highest BCUT2D eigenvalue weighted by Gasteiger charge is 2.52. The van der Waals surface area contributed by atoms with Crippen molar-refractivity contribution >= 4 is 29.7 Å². The fourth-order valence-corrected chi connectivity index (χ4v) is 3.15. The first kappa shape index (κ1) is 28.1. The van der Waals surface area contributed by atoms with Crippen molar-refractivity contribution in [2.45, 2.75) is 71.2 Å². The average molecular weight is 471 g/mol. The van der Waals surface area contributed by atoms with E-state index in [1.165, 1.54) is 7.11 Å². The number of rotatable bonds is 14. The van der Waals surface area contributed by atoms with Crippen LogP contribution in [0, 0.1) is 17.2 Å². The Morgan fingerprint density at radius 1 is 0.970 bits per heavy atom. The zero-order chi connectivity index (χ0) is 25.1. The van der Waals surface area contributed by atoms with Crippen molar-refractivity contribution in [1.29, 1.82) is 5.41 Å². The van der Waals surface area contributed by atoms with Crippen molar-refractivity contribution in [2.75, 3.05) is 20.2 Å². The van der Waals surface area contributed by atoms with Crippen LogP contribution in [0.3, 0.4) is 0 Å². The third-order valence-electron chi connectivity index (χ3n) is 4.99. The minimum Gasteiger partial charge on any atom is -0.467 e. The molecule has 4 unspecified atom stereocenters. The summed E-state index contributed by atoms with van der Waals surface area (Å²) < 4.78 is 9.59. The summed E-state index contributed by atoms with van der Waals surface area (Å²) in [5.41, 5.74) is 5.22. The van der Waals surface area contributed by atoms with Gasteiger partial charge in [0.2, 0.25) is 11.8 Å². The van der Waals surface area contributed by atoms with Crippen molar-refractivity contribution in [3.05, 3.63) is 0 Å². The van der Waals surface area contributed by atoms with Crippen LogP contribution in [0.25, 0.3) is 0 Å². The van der Waals surface area contributed by atoms with Crippen LogP contribution < -0.4 is 27.0 Å². The van der Waals surface area contributed by atoms with E-state index in [2.05, 4.69) is 26.0 Å². The molecule has 188 valence electrons. The number of nitrogens with one attached hydrogen (secondary N) is 5. The van der Waals surface area contributed by atoms with E-state index in [9.17, 15) is 19.2 Å². The molecule has 33 heavy (non-hydrogen) atoms. The Morgan fingerprint density at radius 2 is 1.58 bits per heavy atom. The van der Waals surface area contributed by atoms with Gasteiger partial charge in [0.15, 0.2) is 18.2 Å². The molecule has 0 bridgehead atoms. The molecule has 1 aliphatic rings. The molecule has 3 amide bonds. The molecule has 1 saturated heterocycles. The van der Waals surface area contributed by atoms with Gasteiger partial charge in [-0.1, -0.05) is 27.7 Å². The number of epoxide rings is 1. The number of hydrogen-bond acceptors (Lipinski definition) is 7. The van der Waals surface area contributed by atoms with E-state index < -0.39 is 42.1 Å². The minimum atomic E-state index is -0.987. The largest absolute Gasteiger partial charge is 0.467 e. The molecule has 1 rings (SSSR count). The predicted octanol–water partition coefficient (Wildman–Crippen LogP) is -1.02. The molecule has 7 N–H and O–H groups in total. The predicted molar refractivity (Wildman–Crippen MR) is 121 cm³/mol. The van der Waals surface area contributed by atoms with Crippen LogP contribution in [0.5, 0.6) is 0 Å². The molecule has 0 saturated carbocycles. The summed E-state index contributed by atoms with van der Waals surface area (Å²) >= 11 is 0. The van der Waals surface area contributed by atoms with Gasteiger partial charge in [0.1, 0.15) is 12.1 Å². The Labute approximate surface area is 194 Å². The van der Waals surface area contributed by atoms with E-state index in [-0.39, 0.29) is 23.7 Å². The molecule has 1 fully saturated rings. The molecule has 0 aromatic heterocycles. The van der Waals surface area contributed by atoms with Crippen molar-refractivity contribution in [3.8, 4) is 0 Å². The van der Waals surface area contributed by atoms with Gasteiger partial charge in [-0.05, 0) is 31.1 Å². The molecule has 0 spiro atoms. The van der Waals surface area contributed by atoms with E-state index in [0.29, 0.717) is 25.9 Å². The van der Waals surface area contributed by atoms with Gasteiger partial charge in [-0.2, -0.15) is 0 Å². The third-order valence-corrected chi connectivity index (χ3v) is 4.99. The second kappa shape index (κ2) is 13.6. The maximum absolute atomic E-state index is 12.9. The smallest absolute Gasteiger partial charge is 0.338 e. The molecule has 12 nitrogen and oxygen atoms in total. The van der Waals surface area contributed by atoms with Crippen molar-refractivity contribution in [1.82, 2.24) is 21.3 Å². The van der Waals surface area contributed by atoms with Crippen LogP contribution >= 0.6 is 0 Å². The highest BCUT2D eigenvalue weighted by atomic mass is 16.6. The number of unbranched alkanes of at least 4 members (excludes halogenated alkanes) is 1. The lowest BCUT2D eigenvalue weighted by molar-refractivity contribution is -0.142. The average Bonchev–Trinajstić information content (AvgIpc) is 3.53. The van der Waals surface area contributed by atoms with Crippen LogP contribution in [-0.4, -0.2) is 74.1 Å². The highest BCUT2D eigenvalue weighted by molar-refractivity contribution is 5.96. The van der Waals surface area contributed by atoms with Crippen LogP contribution in [0.15, 0.2) is 0 Å². The van der Waals surface area contributed by atoms with Gasteiger partial charge in [0.25, 0.3) is 5.91 Å². The van der Waals surface area contributed by atoms with E-state index in [1.807, 2.05) is 13.8 Å². The van der Waals surface area contributed by atoms with Crippen LogP contribution in [0.1, 0.15) is 47.0 Å². The van der Waals surface area contributed by atoms with Crippen molar-refractivity contribution in [3.63, 3.8) is 0 Å². The van der Waals surface area contributed by atoms with Gasteiger partial charge in [0.05, 0.1) is 7.11 Å². The Hall–Kier alpha value is -2.89. The molecule has 1 heterocycles. The fourth-order valence-electron chi connectivity index (χ4n) is 3.15. The summed E-state index contributed by atoms with van der Waals surface area (Å²) in [6.45, 7) is 8.37. The number of ether oxygens (including phenoxy) is 2. The fraction of sp³-hybridized carbons (Fsp3) is 0.762. The normalized spacial score (nSPS) is 18.8. The minimum absolute atomic E-state index is 0.0976. The Balaban J connectivity index is 2.64. The van der Waals surface area contributed by atoms with E-state index in [0.717, 1.165) is 6.42 Å². The third kappa shape index (κ3) is 10.1. The summed E-state index contributed by atoms with van der Waals surface area (Å²) in [4.78, 5) is 49.5. The Bertz CT molecular complexity index is 713. The SMILES string of the molecule is COC(=O)C1OC1C(=O)NC(C(=O)NC(CC(C)C)C(=O)NCCCCNC(=N)N)C(C)C. The Morgan fingerprint density at radius 3 is 2.09 bits per heavy atom. The first-order valence-electron chi connectivity index (χ1n) is 11.2. The molecule has 0 aromatic carbocycles. The van der Waals surface area contributed by atoms with Gasteiger partial charge in [-0.15, -0.1) is 0 Å². The molecule has 0 aliphatic carbocycles. The van der Waals surface area contributed by atoms with E-state index >= 15 is 0 Å². The highest BCUT2D eigenvalue weighted by Crippen LogP contribution is 2.23. The second-order valence-electron chi connectivity index (χ2n) is 8.76. The van der Waals surface area contributed by atoms with E-state index in [4.69, 9.17) is 15.9 Å². The number of nitrogens with two attached hydrogens (primary N) is 1. The quantitative estimate of drug-likeness (QED) is 0.0611. The van der Waals surface area contributed by atoms with Crippen LogP contribution in [-0.2, 0) is 28.7 Å². The summed E-state index contributed by atoms with van der Waals surface area (Å²) in [5.74, 6) is -2.23. The molecule has 4 atom stereocenters. The first-order chi connectivity index (χ1) is 15.5. The standard InChI is InChI=1S/C21H38N6O6/c1-11(2)10-13(17(28)24-8-6-7-9-25-21(22)23)26-18(29)14(12(3)4)27-19(30)15-16(33-15)20(31)32-5/h11-16H,6-10H2,1-5H3,(H,24,28)(H,26,29)(H,27,30)(H4,22,23,25). The molecule has 0 aromatic rings. The number of amides is 3. The number of esters is 1. The van der Waals surface area contributed by atoms with Gasteiger partial charge in [0, 0.05) is 13.1 Å². The zero-order valence-electron chi connectivity index (χ0n) is 20.0. The second-order valence-corrected chi connectivity index (χ2v) is 8.76. The molecule has 0 radical (unpaired) electrons. The molecule has 1 aliphatic heterocycles. The summed E-state index contributed by atoms with van der Waals surface area (Å²) in [7, 11) is 1.20. The number of carbonyl (C=O) groups excluding carboxylic acids is 4. The maximum Gasteiger partial charge on any atom is 0.338 e. The molecular weight excluding hydrogens is 432 g/mol. The summed E-state index contributed by atoms with van der Waals surface area (Å²) in [6, 6.07) is -1.66.